The average Bonchev–Trinajstić information content (AvgIpc) is 2.30. The smallest absolute Gasteiger partial charge is 0.312 e. The third kappa shape index (κ3) is 4.30. The standard InChI is InChI=1S/C14H18O2/c1-3-16-14(15)12(2)8-7-11-13-9-5-4-6-10-13/h4-10,12H,3,11H2,1-2H3/b8-7+. The predicted molar refractivity (Wildman–Crippen MR) is 65.1 cm³/mol. The van der Waals surface area contributed by atoms with Crippen LogP contribution in [0.15, 0.2) is 42.5 Å². The maximum atomic E-state index is 11.3. The van der Waals surface area contributed by atoms with Crippen LogP contribution in [0.1, 0.15) is 19.4 Å². The molecule has 0 aliphatic carbocycles. The maximum absolute atomic E-state index is 11.3. The lowest BCUT2D eigenvalue weighted by atomic mass is 10.1. The molecule has 0 amide bonds. The topological polar surface area (TPSA) is 26.3 Å². The van der Waals surface area contributed by atoms with Crippen LogP contribution in [0.3, 0.4) is 0 Å². The molecule has 0 heterocycles. The highest BCUT2D eigenvalue weighted by Gasteiger charge is 2.08. The van der Waals surface area contributed by atoms with E-state index in [1.165, 1.54) is 5.56 Å². The molecular weight excluding hydrogens is 200 g/mol. The van der Waals surface area contributed by atoms with Crippen molar-refractivity contribution in [1.82, 2.24) is 0 Å². The second kappa shape index (κ2) is 6.83. The minimum atomic E-state index is -0.163. The highest BCUT2D eigenvalue weighted by molar-refractivity contribution is 5.73. The summed E-state index contributed by atoms with van der Waals surface area (Å²) in [6.45, 7) is 4.10. The van der Waals surface area contributed by atoms with Crippen LogP contribution in [0.5, 0.6) is 0 Å². The van der Waals surface area contributed by atoms with E-state index in [4.69, 9.17) is 4.74 Å². The molecule has 1 aromatic rings. The number of rotatable bonds is 5. The van der Waals surface area contributed by atoms with Crippen molar-refractivity contribution in [2.24, 2.45) is 5.92 Å². The number of ether oxygens (including phenoxy) is 1. The van der Waals surface area contributed by atoms with Crippen LogP contribution in [-0.4, -0.2) is 12.6 Å². The first-order valence-corrected chi connectivity index (χ1v) is 5.61. The van der Waals surface area contributed by atoms with E-state index in [2.05, 4.69) is 12.1 Å². The molecule has 0 aromatic heterocycles. The summed E-state index contributed by atoms with van der Waals surface area (Å²) < 4.78 is 4.92. The van der Waals surface area contributed by atoms with Gasteiger partial charge in [-0.25, -0.2) is 0 Å². The number of hydrogen-bond donors (Lipinski definition) is 0. The van der Waals surface area contributed by atoms with Gasteiger partial charge in [0, 0.05) is 0 Å². The Bertz CT molecular complexity index is 341. The van der Waals surface area contributed by atoms with Gasteiger partial charge >= 0.3 is 5.97 Å². The van der Waals surface area contributed by atoms with E-state index in [1.807, 2.05) is 44.2 Å². The molecule has 1 atom stereocenters. The van der Waals surface area contributed by atoms with Gasteiger partial charge in [0.2, 0.25) is 0 Å². The fourth-order valence-corrected chi connectivity index (χ4v) is 1.37. The van der Waals surface area contributed by atoms with E-state index < -0.39 is 0 Å². The Morgan fingerprint density at radius 1 is 1.38 bits per heavy atom. The summed E-state index contributed by atoms with van der Waals surface area (Å²) in [5, 5.41) is 0. The van der Waals surface area contributed by atoms with Crippen molar-refractivity contribution in [2.45, 2.75) is 20.3 Å². The molecule has 0 saturated carbocycles. The highest BCUT2D eigenvalue weighted by atomic mass is 16.5. The Morgan fingerprint density at radius 3 is 2.69 bits per heavy atom. The Labute approximate surface area is 96.9 Å². The average molecular weight is 218 g/mol. The summed E-state index contributed by atoms with van der Waals surface area (Å²) in [7, 11) is 0. The van der Waals surface area contributed by atoms with E-state index in [1.54, 1.807) is 0 Å². The third-order valence-electron chi connectivity index (χ3n) is 2.28. The summed E-state index contributed by atoms with van der Waals surface area (Å²) in [5.41, 5.74) is 1.25. The first-order chi connectivity index (χ1) is 7.74. The number of hydrogen-bond acceptors (Lipinski definition) is 2. The van der Waals surface area contributed by atoms with Gasteiger partial charge in [0.15, 0.2) is 0 Å². The summed E-state index contributed by atoms with van der Waals surface area (Å²) in [6, 6.07) is 10.2. The van der Waals surface area contributed by atoms with E-state index in [0.29, 0.717) is 6.61 Å². The molecule has 1 unspecified atom stereocenters. The van der Waals surface area contributed by atoms with Gasteiger partial charge in [0.25, 0.3) is 0 Å². The third-order valence-corrected chi connectivity index (χ3v) is 2.28. The normalized spacial score (nSPS) is 12.6. The van der Waals surface area contributed by atoms with Gasteiger partial charge in [-0.15, -0.1) is 0 Å². The number of carbonyl (C=O) groups is 1. The zero-order chi connectivity index (χ0) is 11.8. The molecule has 0 saturated heterocycles. The Balaban J connectivity index is 2.40. The fraction of sp³-hybridized carbons (Fsp3) is 0.357. The molecular formula is C14H18O2. The molecule has 0 aliphatic rings. The number of benzene rings is 1. The number of carbonyl (C=O) groups excluding carboxylic acids is 1. The van der Waals surface area contributed by atoms with E-state index in [0.717, 1.165) is 6.42 Å². The summed E-state index contributed by atoms with van der Waals surface area (Å²) in [5.74, 6) is -0.324. The van der Waals surface area contributed by atoms with Crippen LogP contribution < -0.4 is 0 Å². The van der Waals surface area contributed by atoms with E-state index in [-0.39, 0.29) is 11.9 Å². The second-order valence-corrected chi connectivity index (χ2v) is 3.66. The Morgan fingerprint density at radius 2 is 2.06 bits per heavy atom. The van der Waals surface area contributed by atoms with Gasteiger partial charge < -0.3 is 4.74 Å². The van der Waals surface area contributed by atoms with Gasteiger partial charge in [-0.2, -0.15) is 0 Å². The fourth-order valence-electron chi connectivity index (χ4n) is 1.37. The zero-order valence-corrected chi connectivity index (χ0v) is 9.85. The Kier molecular flexibility index (Phi) is 5.34. The molecule has 2 heteroatoms. The lowest BCUT2D eigenvalue weighted by molar-refractivity contribution is -0.145. The molecule has 0 bridgehead atoms. The van der Waals surface area contributed by atoms with Crippen molar-refractivity contribution < 1.29 is 9.53 Å². The summed E-state index contributed by atoms with van der Waals surface area (Å²) in [6.07, 6.45) is 4.76. The van der Waals surface area contributed by atoms with Crippen molar-refractivity contribution in [2.75, 3.05) is 6.61 Å². The molecule has 0 N–H and O–H groups in total. The molecule has 0 aliphatic heterocycles. The highest BCUT2D eigenvalue weighted by Crippen LogP contribution is 2.04. The SMILES string of the molecule is CCOC(=O)C(C)/C=C/Cc1ccccc1. The molecule has 0 fully saturated rings. The van der Waals surface area contributed by atoms with Crippen molar-refractivity contribution in [3.05, 3.63) is 48.0 Å². The lowest BCUT2D eigenvalue weighted by Gasteiger charge is -2.04. The predicted octanol–water partition coefficient (Wildman–Crippen LogP) is 2.98. The van der Waals surface area contributed by atoms with Gasteiger partial charge in [-0.05, 0) is 25.8 Å². The van der Waals surface area contributed by atoms with Crippen LogP contribution in [0.4, 0.5) is 0 Å². The number of allylic oxidation sites excluding steroid dienone is 1. The van der Waals surface area contributed by atoms with Crippen molar-refractivity contribution in [3.8, 4) is 0 Å². The first-order valence-electron chi connectivity index (χ1n) is 5.61. The van der Waals surface area contributed by atoms with Gasteiger partial charge in [-0.3, -0.25) is 4.79 Å². The molecule has 0 radical (unpaired) electrons. The van der Waals surface area contributed by atoms with Gasteiger partial charge in [0.1, 0.15) is 0 Å². The summed E-state index contributed by atoms with van der Waals surface area (Å²) >= 11 is 0. The Hall–Kier alpha value is -1.57. The molecule has 1 aromatic carbocycles. The first kappa shape index (κ1) is 12.5. The molecule has 86 valence electrons. The monoisotopic (exact) mass is 218 g/mol. The minimum absolute atomic E-state index is 0.160. The van der Waals surface area contributed by atoms with E-state index in [9.17, 15) is 4.79 Å². The molecule has 16 heavy (non-hydrogen) atoms. The second-order valence-electron chi connectivity index (χ2n) is 3.66. The van der Waals surface area contributed by atoms with Crippen molar-refractivity contribution in [1.29, 1.82) is 0 Å². The quantitative estimate of drug-likeness (QED) is 0.561. The van der Waals surface area contributed by atoms with Crippen LogP contribution in [0.2, 0.25) is 0 Å². The van der Waals surface area contributed by atoms with Crippen LogP contribution >= 0.6 is 0 Å². The largest absolute Gasteiger partial charge is 0.466 e. The number of esters is 1. The van der Waals surface area contributed by atoms with Crippen LogP contribution in [0.25, 0.3) is 0 Å². The molecule has 0 spiro atoms. The van der Waals surface area contributed by atoms with Gasteiger partial charge in [0.05, 0.1) is 12.5 Å². The zero-order valence-electron chi connectivity index (χ0n) is 9.85. The van der Waals surface area contributed by atoms with Crippen molar-refractivity contribution >= 4 is 5.97 Å². The van der Waals surface area contributed by atoms with E-state index >= 15 is 0 Å². The van der Waals surface area contributed by atoms with Crippen LogP contribution in [0, 0.1) is 5.92 Å². The molecule has 1 rings (SSSR count). The van der Waals surface area contributed by atoms with Gasteiger partial charge in [-0.1, -0.05) is 42.5 Å². The minimum Gasteiger partial charge on any atom is -0.466 e. The van der Waals surface area contributed by atoms with Crippen LogP contribution in [-0.2, 0) is 16.0 Å². The lowest BCUT2D eigenvalue weighted by Crippen LogP contribution is -2.12. The van der Waals surface area contributed by atoms with Crippen molar-refractivity contribution in [3.63, 3.8) is 0 Å². The maximum Gasteiger partial charge on any atom is 0.312 e. The molecule has 2 nitrogen and oxygen atoms in total. The summed E-state index contributed by atoms with van der Waals surface area (Å²) in [4.78, 5) is 11.3.